The zero-order chi connectivity index (χ0) is 25.4. The van der Waals surface area contributed by atoms with E-state index >= 15 is 0 Å². The van der Waals surface area contributed by atoms with Gasteiger partial charge in [0.1, 0.15) is 17.6 Å². The Morgan fingerprint density at radius 3 is 2.58 bits per heavy atom. The van der Waals surface area contributed by atoms with Crippen molar-refractivity contribution in [3.05, 3.63) is 75.7 Å². The molecule has 1 saturated carbocycles. The van der Waals surface area contributed by atoms with Crippen LogP contribution >= 0.6 is 11.8 Å². The molecule has 1 aliphatic carbocycles. The number of anilines is 1. The molecule has 9 heteroatoms. The molecule has 2 heterocycles. The number of hydrogen-bond donors (Lipinski definition) is 1. The molecule has 0 radical (unpaired) electrons. The maximum atomic E-state index is 13.1. The second-order valence-electron chi connectivity index (χ2n) is 8.73. The number of para-hydroxylation sites is 1. The molecule has 0 atom stereocenters. The van der Waals surface area contributed by atoms with Crippen LogP contribution in [-0.2, 0) is 4.79 Å². The summed E-state index contributed by atoms with van der Waals surface area (Å²) in [4.78, 5) is 30.9. The van der Waals surface area contributed by atoms with Crippen molar-refractivity contribution in [2.45, 2.75) is 37.9 Å². The molecule has 4 aromatic rings. The van der Waals surface area contributed by atoms with Gasteiger partial charge >= 0.3 is 0 Å². The average molecular weight is 500 g/mol. The lowest BCUT2D eigenvalue weighted by Gasteiger charge is -2.14. The van der Waals surface area contributed by atoms with Gasteiger partial charge in [-0.2, -0.15) is 5.26 Å². The van der Waals surface area contributed by atoms with E-state index in [-0.39, 0.29) is 23.3 Å². The molecule has 2 aromatic carbocycles. The molecule has 1 aliphatic rings. The van der Waals surface area contributed by atoms with E-state index in [4.69, 9.17) is 4.74 Å². The number of methoxy groups -OCH3 is 1. The quantitative estimate of drug-likeness (QED) is 0.291. The first-order valence-electron chi connectivity index (χ1n) is 11.6. The number of nitrogens with one attached hydrogen (secondary N) is 1. The Hall–Kier alpha value is -4.03. The van der Waals surface area contributed by atoms with Crippen molar-refractivity contribution >= 4 is 34.4 Å². The van der Waals surface area contributed by atoms with Gasteiger partial charge < -0.3 is 10.1 Å². The smallest absolute Gasteiger partial charge is 0.262 e. The van der Waals surface area contributed by atoms with Crippen LogP contribution in [0.2, 0.25) is 0 Å². The summed E-state index contributed by atoms with van der Waals surface area (Å²) in [6.45, 7) is 3.78. The number of carbonyl (C=O) groups is 1. The number of carbonyl (C=O) groups excluding carboxylic acids is 1. The van der Waals surface area contributed by atoms with E-state index in [1.807, 2.05) is 60.9 Å². The highest BCUT2D eigenvalue weighted by atomic mass is 32.2. The molecule has 8 nitrogen and oxygen atoms in total. The predicted octanol–water partition coefficient (Wildman–Crippen LogP) is 4.75. The van der Waals surface area contributed by atoms with Crippen LogP contribution < -0.4 is 15.6 Å². The Kier molecular flexibility index (Phi) is 6.29. The summed E-state index contributed by atoms with van der Waals surface area (Å²) in [7, 11) is 1.60. The first-order valence-corrected chi connectivity index (χ1v) is 12.6. The van der Waals surface area contributed by atoms with Crippen LogP contribution in [0.15, 0.2) is 58.5 Å². The van der Waals surface area contributed by atoms with E-state index in [1.54, 1.807) is 17.7 Å². The van der Waals surface area contributed by atoms with Crippen LogP contribution in [-0.4, -0.2) is 32.9 Å². The van der Waals surface area contributed by atoms with Crippen molar-refractivity contribution < 1.29 is 9.53 Å². The second-order valence-corrected chi connectivity index (χ2v) is 9.68. The van der Waals surface area contributed by atoms with Gasteiger partial charge in [-0.1, -0.05) is 23.9 Å². The lowest BCUT2D eigenvalue weighted by Crippen LogP contribution is -2.23. The van der Waals surface area contributed by atoms with Gasteiger partial charge in [-0.3, -0.25) is 18.7 Å². The molecule has 1 amide bonds. The number of nitrogens with zero attached hydrogens (tertiary/aromatic N) is 4. The van der Waals surface area contributed by atoms with Crippen LogP contribution in [0.4, 0.5) is 5.82 Å². The zero-order valence-electron chi connectivity index (χ0n) is 20.2. The third-order valence-electron chi connectivity index (χ3n) is 6.43. The molecule has 0 bridgehead atoms. The molecule has 0 spiro atoms. The van der Waals surface area contributed by atoms with E-state index in [2.05, 4.69) is 16.4 Å². The molecule has 182 valence electrons. The Bertz CT molecular complexity index is 1580. The van der Waals surface area contributed by atoms with Gasteiger partial charge in [-0.15, -0.1) is 0 Å². The summed E-state index contributed by atoms with van der Waals surface area (Å²) >= 11 is 1.23. The number of rotatable bonds is 7. The van der Waals surface area contributed by atoms with Crippen molar-refractivity contribution in [1.29, 1.82) is 5.26 Å². The minimum atomic E-state index is -0.284. The van der Waals surface area contributed by atoms with Gasteiger partial charge in [0.15, 0.2) is 5.16 Å². The van der Waals surface area contributed by atoms with E-state index in [0.717, 1.165) is 29.8 Å². The predicted molar refractivity (Wildman–Crippen MR) is 140 cm³/mol. The van der Waals surface area contributed by atoms with Gasteiger partial charge in [0.2, 0.25) is 5.91 Å². The largest absolute Gasteiger partial charge is 0.497 e. The topological polar surface area (TPSA) is 102 Å². The highest BCUT2D eigenvalue weighted by Gasteiger charge is 2.29. The van der Waals surface area contributed by atoms with Gasteiger partial charge in [0.25, 0.3) is 5.56 Å². The van der Waals surface area contributed by atoms with Gasteiger partial charge in [0.05, 0.1) is 29.3 Å². The molecule has 36 heavy (non-hydrogen) atoms. The number of nitriles is 1. The van der Waals surface area contributed by atoms with Crippen LogP contribution in [0.5, 0.6) is 5.75 Å². The summed E-state index contributed by atoms with van der Waals surface area (Å²) in [5, 5.41) is 13.9. The number of amides is 1. The van der Waals surface area contributed by atoms with E-state index in [9.17, 15) is 14.9 Å². The maximum absolute atomic E-state index is 13.1. The van der Waals surface area contributed by atoms with Gasteiger partial charge in [-0.05, 0) is 68.7 Å². The van der Waals surface area contributed by atoms with E-state index in [1.165, 1.54) is 11.8 Å². The van der Waals surface area contributed by atoms with Crippen LogP contribution in [0.25, 0.3) is 16.6 Å². The summed E-state index contributed by atoms with van der Waals surface area (Å²) in [6, 6.07) is 17.1. The first kappa shape index (κ1) is 23.7. The van der Waals surface area contributed by atoms with Crippen molar-refractivity contribution in [3.8, 4) is 17.5 Å². The van der Waals surface area contributed by atoms with Crippen molar-refractivity contribution in [2.24, 2.45) is 0 Å². The number of ether oxygens (including phenoxy) is 1. The molecular formula is C27H25N5O3S. The van der Waals surface area contributed by atoms with Crippen molar-refractivity contribution in [1.82, 2.24) is 14.1 Å². The summed E-state index contributed by atoms with van der Waals surface area (Å²) in [5.74, 6) is 0.907. The summed E-state index contributed by atoms with van der Waals surface area (Å²) < 4.78 is 8.84. The molecule has 0 unspecified atom stereocenters. The lowest BCUT2D eigenvalue weighted by molar-refractivity contribution is -0.113. The van der Waals surface area contributed by atoms with Gasteiger partial charge in [-0.25, -0.2) is 4.98 Å². The maximum Gasteiger partial charge on any atom is 0.262 e. The molecule has 2 aromatic heterocycles. The highest BCUT2D eigenvalue weighted by Crippen LogP contribution is 2.37. The van der Waals surface area contributed by atoms with Crippen LogP contribution in [0.1, 0.15) is 35.7 Å². The molecule has 0 aliphatic heterocycles. The zero-order valence-corrected chi connectivity index (χ0v) is 21.1. The van der Waals surface area contributed by atoms with Crippen LogP contribution in [0, 0.1) is 25.2 Å². The fourth-order valence-electron chi connectivity index (χ4n) is 4.30. The third kappa shape index (κ3) is 4.25. The minimum absolute atomic E-state index is 0.0499. The highest BCUT2D eigenvalue weighted by molar-refractivity contribution is 7.99. The van der Waals surface area contributed by atoms with E-state index in [0.29, 0.717) is 33.2 Å². The molecule has 1 N–H and O–H groups in total. The monoisotopic (exact) mass is 499 g/mol. The number of hydrogen-bond acceptors (Lipinski definition) is 6. The second kappa shape index (κ2) is 9.55. The normalized spacial score (nSPS) is 12.9. The van der Waals surface area contributed by atoms with Crippen LogP contribution in [0.3, 0.4) is 0 Å². The Morgan fingerprint density at radius 2 is 1.92 bits per heavy atom. The molecule has 5 rings (SSSR count). The molecular weight excluding hydrogens is 474 g/mol. The molecule has 1 fully saturated rings. The summed E-state index contributed by atoms with van der Waals surface area (Å²) in [6.07, 6.45) is 1.86. The molecule has 0 saturated heterocycles. The van der Waals surface area contributed by atoms with Crippen molar-refractivity contribution in [2.75, 3.05) is 18.2 Å². The SMILES string of the molecule is COc1ccc(-n2c(C)c(C)c(C#N)c2NC(=O)CSc2nc3ccccc3c(=O)n2C2CC2)cc1. The Morgan fingerprint density at radius 1 is 1.19 bits per heavy atom. The van der Waals surface area contributed by atoms with Gasteiger partial charge in [0, 0.05) is 17.4 Å². The van der Waals surface area contributed by atoms with Crippen molar-refractivity contribution in [3.63, 3.8) is 0 Å². The number of benzene rings is 2. The lowest BCUT2D eigenvalue weighted by atomic mass is 10.2. The fraction of sp³-hybridized carbons (Fsp3) is 0.259. The first-order chi connectivity index (χ1) is 17.4. The number of aromatic nitrogens is 3. The minimum Gasteiger partial charge on any atom is -0.497 e. The Balaban J connectivity index is 1.44. The number of thioether (sulfide) groups is 1. The Labute approximate surface area is 212 Å². The third-order valence-corrected chi connectivity index (χ3v) is 7.39. The number of fused-ring (bicyclic) bond motifs is 1. The standard InChI is InChI=1S/C27H25N5O3S/c1-16-17(2)31(18-10-12-20(35-3)13-11-18)25(22(16)14-28)30-24(33)15-36-27-29-23-7-5-4-6-21(23)26(34)32(27)19-8-9-19/h4-7,10-13,19H,8-9,15H2,1-3H3,(H,30,33). The van der Waals surface area contributed by atoms with E-state index < -0.39 is 0 Å². The average Bonchev–Trinajstić information content (AvgIpc) is 3.70. The fourth-order valence-corrected chi connectivity index (χ4v) is 5.16. The summed E-state index contributed by atoms with van der Waals surface area (Å²) in [5.41, 5.74) is 3.43.